The summed E-state index contributed by atoms with van der Waals surface area (Å²) in [6, 6.07) is 0.570. The minimum absolute atomic E-state index is 0. The molecule has 1 aliphatic heterocycles. The molecule has 0 radical (unpaired) electrons. The van der Waals surface area contributed by atoms with Gasteiger partial charge in [0, 0.05) is 38.2 Å². The van der Waals surface area contributed by atoms with Crippen molar-refractivity contribution in [2.45, 2.75) is 64.5 Å². The average molecular weight is 421 g/mol. The highest BCUT2D eigenvalue weighted by Crippen LogP contribution is 2.57. The zero-order chi connectivity index (χ0) is 14.9. The standard InChI is InChI=1S/C17H31N3O.HI/c1-4-21-15-12-14(17(15)8-5-9-17)19-16(18-3)20-10-6-13(2)7-11-20;/h13-15H,4-12H2,1-3H3,(H,18,19);1H. The van der Waals surface area contributed by atoms with E-state index in [0.717, 1.165) is 38.0 Å². The average Bonchev–Trinajstić information content (AvgIpc) is 2.41. The molecule has 0 aromatic rings. The molecule has 1 heterocycles. The van der Waals surface area contributed by atoms with Crippen molar-refractivity contribution in [3.63, 3.8) is 0 Å². The Morgan fingerprint density at radius 2 is 2.00 bits per heavy atom. The predicted molar refractivity (Wildman–Crippen MR) is 102 cm³/mol. The van der Waals surface area contributed by atoms with Gasteiger partial charge in [0.05, 0.1) is 6.10 Å². The fourth-order valence-electron chi connectivity index (χ4n) is 4.31. The van der Waals surface area contributed by atoms with Crippen LogP contribution in [0.5, 0.6) is 0 Å². The van der Waals surface area contributed by atoms with Crippen molar-refractivity contribution in [1.82, 2.24) is 10.2 Å². The second-order valence-corrected chi connectivity index (χ2v) is 7.18. The van der Waals surface area contributed by atoms with Gasteiger partial charge in [-0.25, -0.2) is 0 Å². The first-order valence-corrected chi connectivity index (χ1v) is 8.79. The molecule has 1 N–H and O–H groups in total. The van der Waals surface area contributed by atoms with E-state index in [4.69, 9.17) is 4.74 Å². The zero-order valence-electron chi connectivity index (χ0n) is 14.3. The summed E-state index contributed by atoms with van der Waals surface area (Å²) in [5.74, 6) is 1.98. The van der Waals surface area contributed by atoms with Crippen molar-refractivity contribution in [1.29, 1.82) is 0 Å². The topological polar surface area (TPSA) is 36.9 Å². The quantitative estimate of drug-likeness (QED) is 0.432. The molecular weight excluding hydrogens is 389 g/mol. The van der Waals surface area contributed by atoms with Crippen LogP contribution in [0.2, 0.25) is 0 Å². The molecule has 1 saturated heterocycles. The van der Waals surface area contributed by atoms with Crippen molar-refractivity contribution >= 4 is 29.9 Å². The fraction of sp³-hybridized carbons (Fsp3) is 0.941. The lowest BCUT2D eigenvalue weighted by molar-refractivity contribution is -0.169. The van der Waals surface area contributed by atoms with Crippen LogP contribution in [0, 0.1) is 11.3 Å². The van der Waals surface area contributed by atoms with Gasteiger partial charge in [-0.3, -0.25) is 4.99 Å². The maximum Gasteiger partial charge on any atom is 0.193 e. The highest BCUT2D eigenvalue weighted by atomic mass is 127. The van der Waals surface area contributed by atoms with Crippen LogP contribution in [0.25, 0.3) is 0 Å². The van der Waals surface area contributed by atoms with Crippen LogP contribution in [0.15, 0.2) is 4.99 Å². The summed E-state index contributed by atoms with van der Waals surface area (Å²) in [6.07, 6.45) is 8.22. The molecule has 5 heteroatoms. The molecule has 3 aliphatic rings. The van der Waals surface area contributed by atoms with E-state index in [2.05, 4.69) is 29.1 Å². The van der Waals surface area contributed by atoms with Gasteiger partial charge in [0.2, 0.25) is 0 Å². The van der Waals surface area contributed by atoms with Gasteiger partial charge in [0.15, 0.2) is 5.96 Å². The van der Waals surface area contributed by atoms with Crippen LogP contribution < -0.4 is 5.32 Å². The highest BCUT2D eigenvalue weighted by molar-refractivity contribution is 14.0. The van der Waals surface area contributed by atoms with Crippen LogP contribution in [0.3, 0.4) is 0 Å². The van der Waals surface area contributed by atoms with E-state index in [1.807, 2.05) is 7.05 Å². The number of piperidine rings is 1. The molecule has 4 nitrogen and oxygen atoms in total. The van der Waals surface area contributed by atoms with E-state index in [0.29, 0.717) is 17.6 Å². The Bertz CT molecular complexity index is 389. The zero-order valence-corrected chi connectivity index (χ0v) is 16.6. The number of rotatable bonds is 3. The van der Waals surface area contributed by atoms with Gasteiger partial charge in [-0.2, -0.15) is 0 Å². The van der Waals surface area contributed by atoms with E-state index in [-0.39, 0.29) is 24.0 Å². The fourth-order valence-corrected chi connectivity index (χ4v) is 4.31. The molecule has 2 saturated carbocycles. The van der Waals surface area contributed by atoms with Gasteiger partial charge in [-0.05, 0) is 44.9 Å². The number of ether oxygens (including phenoxy) is 1. The van der Waals surface area contributed by atoms with E-state index < -0.39 is 0 Å². The molecule has 0 aromatic carbocycles. The summed E-state index contributed by atoms with van der Waals surface area (Å²) < 4.78 is 5.95. The summed E-state index contributed by atoms with van der Waals surface area (Å²) in [7, 11) is 1.92. The van der Waals surface area contributed by atoms with Gasteiger partial charge < -0.3 is 15.0 Å². The summed E-state index contributed by atoms with van der Waals surface area (Å²) in [6.45, 7) is 7.61. The Morgan fingerprint density at radius 1 is 1.32 bits per heavy atom. The van der Waals surface area contributed by atoms with Crippen LogP contribution in [0.4, 0.5) is 0 Å². The molecule has 1 spiro atoms. The molecule has 128 valence electrons. The normalized spacial score (nSPS) is 31.2. The third kappa shape index (κ3) is 3.25. The minimum atomic E-state index is 0. The highest BCUT2D eigenvalue weighted by Gasteiger charge is 2.59. The number of hydrogen-bond acceptors (Lipinski definition) is 2. The van der Waals surface area contributed by atoms with Gasteiger partial charge in [0.1, 0.15) is 0 Å². The van der Waals surface area contributed by atoms with Crippen molar-refractivity contribution in [2.24, 2.45) is 16.3 Å². The van der Waals surface area contributed by atoms with Crippen molar-refractivity contribution in [3.8, 4) is 0 Å². The monoisotopic (exact) mass is 421 g/mol. The first-order chi connectivity index (χ1) is 10.2. The van der Waals surface area contributed by atoms with E-state index in [1.54, 1.807) is 0 Å². The smallest absolute Gasteiger partial charge is 0.193 e. The minimum Gasteiger partial charge on any atom is -0.378 e. The Balaban J connectivity index is 0.00000176. The van der Waals surface area contributed by atoms with E-state index in [1.165, 1.54) is 32.1 Å². The third-order valence-electron chi connectivity index (χ3n) is 6.04. The van der Waals surface area contributed by atoms with Crippen molar-refractivity contribution in [2.75, 3.05) is 26.7 Å². The van der Waals surface area contributed by atoms with Crippen molar-refractivity contribution < 1.29 is 4.74 Å². The van der Waals surface area contributed by atoms with Crippen LogP contribution in [-0.4, -0.2) is 49.7 Å². The Hall–Kier alpha value is -0.0400. The van der Waals surface area contributed by atoms with Gasteiger partial charge >= 0.3 is 0 Å². The Kier molecular flexibility index (Phi) is 6.39. The molecule has 3 fully saturated rings. The van der Waals surface area contributed by atoms with Crippen LogP contribution >= 0.6 is 24.0 Å². The van der Waals surface area contributed by atoms with Crippen LogP contribution in [0.1, 0.15) is 52.4 Å². The number of likely N-dealkylation sites (tertiary alicyclic amines) is 1. The molecule has 0 aromatic heterocycles. The SMILES string of the molecule is CCOC1CC(NC(=NC)N2CCC(C)CC2)C12CCC2.I. The summed E-state index contributed by atoms with van der Waals surface area (Å²) in [5.41, 5.74) is 0.412. The first-order valence-electron chi connectivity index (χ1n) is 8.79. The Morgan fingerprint density at radius 3 is 2.50 bits per heavy atom. The maximum absolute atomic E-state index is 5.95. The van der Waals surface area contributed by atoms with Gasteiger partial charge in [0.25, 0.3) is 0 Å². The molecule has 2 atom stereocenters. The maximum atomic E-state index is 5.95. The summed E-state index contributed by atoms with van der Waals surface area (Å²) >= 11 is 0. The molecule has 22 heavy (non-hydrogen) atoms. The second-order valence-electron chi connectivity index (χ2n) is 7.18. The van der Waals surface area contributed by atoms with E-state index in [9.17, 15) is 0 Å². The van der Waals surface area contributed by atoms with E-state index >= 15 is 0 Å². The summed E-state index contributed by atoms with van der Waals surface area (Å²) in [4.78, 5) is 6.99. The predicted octanol–water partition coefficient (Wildman–Crippen LogP) is 3.26. The van der Waals surface area contributed by atoms with Gasteiger partial charge in [-0.15, -0.1) is 24.0 Å². The summed E-state index contributed by atoms with van der Waals surface area (Å²) in [5, 5.41) is 3.76. The molecule has 2 aliphatic carbocycles. The number of halogens is 1. The molecule has 0 bridgehead atoms. The lowest BCUT2D eigenvalue weighted by Gasteiger charge is -2.61. The molecule has 2 unspecified atom stereocenters. The van der Waals surface area contributed by atoms with Gasteiger partial charge in [-0.1, -0.05) is 13.3 Å². The lowest BCUT2D eigenvalue weighted by atomic mass is 9.51. The number of hydrogen-bond donors (Lipinski definition) is 1. The Labute approximate surface area is 152 Å². The van der Waals surface area contributed by atoms with Crippen molar-refractivity contribution in [3.05, 3.63) is 0 Å². The van der Waals surface area contributed by atoms with Crippen LogP contribution in [-0.2, 0) is 4.74 Å². The first kappa shape index (κ1) is 18.3. The third-order valence-corrected chi connectivity index (χ3v) is 6.04. The number of aliphatic imine (C=N–C) groups is 1. The number of nitrogens with one attached hydrogen (secondary N) is 1. The molecule has 3 rings (SSSR count). The lowest BCUT2D eigenvalue weighted by Crippen LogP contribution is -2.69. The number of guanidine groups is 1. The second kappa shape index (κ2) is 7.69. The largest absolute Gasteiger partial charge is 0.378 e. The number of nitrogens with zero attached hydrogens (tertiary/aromatic N) is 2. The molecular formula is C17H32IN3O. The molecule has 0 amide bonds.